The Kier molecular flexibility index (Phi) is 4.43. The molecule has 0 aliphatic rings. The van der Waals surface area contributed by atoms with Crippen molar-refractivity contribution < 1.29 is 9.59 Å². The molecule has 0 unspecified atom stereocenters. The first-order valence-electron chi connectivity index (χ1n) is 6.36. The lowest BCUT2D eigenvalue weighted by molar-refractivity contribution is 0.0998. The second-order valence-corrected chi connectivity index (χ2v) is 5.69. The molecule has 0 aliphatic carbocycles. The summed E-state index contributed by atoms with van der Waals surface area (Å²) >= 11 is 3.37. The maximum absolute atomic E-state index is 12.3. The highest BCUT2D eigenvalue weighted by atomic mass is 79.9. The summed E-state index contributed by atoms with van der Waals surface area (Å²) in [5.41, 5.74) is 8.65. The number of carbonyl (C=O) groups excluding carboxylic acids is 2. The van der Waals surface area contributed by atoms with Gasteiger partial charge in [0.15, 0.2) is 0 Å². The maximum Gasteiger partial charge on any atom is 0.256 e. The molecule has 0 atom stereocenters. The number of amides is 2. The number of rotatable bonds is 3. The molecule has 108 valence electrons. The van der Waals surface area contributed by atoms with E-state index in [2.05, 4.69) is 21.2 Å². The van der Waals surface area contributed by atoms with Crippen LogP contribution in [0.4, 0.5) is 5.69 Å². The van der Waals surface area contributed by atoms with Gasteiger partial charge in [-0.2, -0.15) is 0 Å². The summed E-state index contributed by atoms with van der Waals surface area (Å²) in [6, 6.07) is 10.5. The number of hydrogen-bond acceptors (Lipinski definition) is 2. The van der Waals surface area contributed by atoms with E-state index >= 15 is 0 Å². The number of hydrogen-bond donors (Lipinski definition) is 2. The largest absolute Gasteiger partial charge is 0.366 e. The van der Waals surface area contributed by atoms with Crippen molar-refractivity contribution in [2.45, 2.75) is 13.8 Å². The average molecular weight is 347 g/mol. The SMILES string of the molecule is Cc1ccc(Br)c(C(=O)Nc2ccc(C(N)=O)cc2C)c1. The predicted octanol–water partition coefficient (Wildman–Crippen LogP) is 3.42. The number of anilines is 1. The normalized spacial score (nSPS) is 10.2. The Hall–Kier alpha value is -2.14. The van der Waals surface area contributed by atoms with Gasteiger partial charge in [0.05, 0.1) is 5.56 Å². The van der Waals surface area contributed by atoms with Gasteiger partial charge in [-0.25, -0.2) is 0 Å². The van der Waals surface area contributed by atoms with Gasteiger partial charge in [-0.15, -0.1) is 0 Å². The van der Waals surface area contributed by atoms with E-state index in [1.165, 1.54) is 0 Å². The number of nitrogens with one attached hydrogen (secondary N) is 1. The third-order valence-corrected chi connectivity index (χ3v) is 3.82. The van der Waals surface area contributed by atoms with Gasteiger partial charge in [0, 0.05) is 15.7 Å². The lowest BCUT2D eigenvalue weighted by Gasteiger charge is -2.11. The topological polar surface area (TPSA) is 72.2 Å². The molecule has 0 fully saturated rings. The fourth-order valence-corrected chi connectivity index (χ4v) is 2.39. The monoisotopic (exact) mass is 346 g/mol. The number of benzene rings is 2. The molecular formula is C16H15BrN2O2. The Morgan fingerprint density at radius 1 is 1.10 bits per heavy atom. The Bertz CT molecular complexity index is 726. The third kappa shape index (κ3) is 3.49. The number of nitrogens with two attached hydrogens (primary N) is 1. The smallest absolute Gasteiger partial charge is 0.256 e. The molecule has 0 spiro atoms. The van der Waals surface area contributed by atoms with Crippen LogP contribution < -0.4 is 11.1 Å². The minimum absolute atomic E-state index is 0.208. The molecule has 2 rings (SSSR count). The predicted molar refractivity (Wildman–Crippen MR) is 86.5 cm³/mol. The molecule has 0 heterocycles. The molecule has 0 radical (unpaired) electrons. The lowest BCUT2D eigenvalue weighted by Crippen LogP contribution is -2.15. The highest BCUT2D eigenvalue weighted by Crippen LogP contribution is 2.22. The summed E-state index contributed by atoms with van der Waals surface area (Å²) in [6.45, 7) is 3.74. The molecule has 5 heteroatoms. The second kappa shape index (κ2) is 6.10. The van der Waals surface area contributed by atoms with Crippen LogP contribution in [0.15, 0.2) is 40.9 Å². The van der Waals surface area contributed by atoms with Crippen molar-refractivity contribution in [3.63, 3.8) is 0 Å². The van der Waals surface area contributed by atoms with Crippen LogP contribution in [0.5, 0.6) is 0 Å². The minimum atomic E-state index is -0.489. The molecule has 2 aromatic rings. The highest BCUT2D eigenvalue weighted by Gasteiger charge is 2.12. The van der Waals surface area contributed by atoms with Gasteiger partial charge in [-0.3, -0.25) is 9.59 Å². The first kappa shape index (κ1) is 15.3. The van der Waals surface area contributed by atoms with E-state index in [4.69, 9.17) is 5.73 Å². The summed E-state index contributed by atoms with van der Waals surface area (Å²) in [7, 11) is 0. The van der Waals surface area contributed by atoms with Crippen LogP contribution in [0.2, 0.25) is 0 Å². The molecule has 0 aliphatic heterocycles. The molecule has 2 amide bonds. The second-order valence-electron chi connectivity index (χ2n) is 4.83. The van der Waals surface area contributed by atoms with Crippen LogP contribution in [0.1, 0.15) is 31.8 Å². The van der Waals surface area contributed by atoms with Crippen LogP contribution in [0.25, 0.3) is 0 Å². The summed E-state index contributed by atoms with van der Waals surface area (Å²) in [5.74, 6) is -0.696. The third-order valence-electron chi connectivity index (χ3n) is 3.13. The van der Waals surface area contributed by atoms with Gasteiger partial charge in [0.2, 0.25) is 5.91 Å². The van der Waals surface area contributed by atoms with Crippen LogP contribution in [-0.4, -0.2) is 11.8 Å². The number of primary amides is 1. The van der Waals surface area contributed by atoms with Crippen molar-refractivity contribution in [3.8, 4) is 0 Å². The van der Waals surface area contributed by atoms with Crippen LogP contribution >= 0.6 is 15.9 Å². The fourth-order valence-electron chi connectivity index (χ4n) is 1.96. The van der Waals surface area contributed by atoms with Gasteiger partial charge in [-0.05, 0) is 65.7 Å². The first-order valence-corrected chi connectivity index (χ1v) is 7.15. The maximum atomic E-state index is 12.3. The van der Waals surface area contributed by atoms with Crippen molar-refractivity contribution in [3.05, 3.63) is 63.1 Å². The molecular weight excluding hydrogens is 332 g/mol. The van der Waals surface area contributed by atoms with Crippen molar-refractivity contribution >= 4 is 33.4 Å². The standard InChI is InChI=1S/C16H15BrN2O2/c1-9-3-5-13(17)12(7-9)16(21)19-14-6-4-11(15(18)20)8-10(14)2/h3-8H,1-2H3,(H2,18,20)(H,19,21). The van der Waals surface area contributed by atoms with E-state index in [1.54, 1.807) is 18.2 Å². The van der Waals surface area contributed by atoms with Crippen molar-refractivity contribution in [1.82, 2.24) is 0 Å². The van der Waals surface area contributed by atoms with Gasteiger partial charge in [-0.1, -0.05) is 11.6 Å². The summed E-state index contributed by atoms with van der Waals surface area (Å²) in [5, 5.41) is 2.84. The lowest BCUT2D eigenvalue weighted by atomic mass is 10.1. The van der Waals surface area contributed by atoms with Crippen molar-refractivity contribution in [2.75, 3.05) is 5.32 Å². The zero-order chi connectivity index (χ0) is 15.6. The minimum Gasteiger partial charge on any atom is -0.366 e. The van der Waals surface area contributed by atoms with Crippen LogP contribution in [-0.2, 0) is 0 Å². The van der Waals surface area contributed by atoms with Crippen LogP contribution in [0.3, 0.4) is 0 Å². The molecule has 2 aromatic carbocycles. The molecule has 0 aromatic heterocycles. The van der Waals surface area contributed by atoms with E-state index in [1.807, 2.05) is 32.0 Å². The van der Waals surface area contributed by atoms with Crippen molar-refractivity contribution in [2.24, 2.45) is 5.73 Å². The summed E-state index contributed by atoms with van der Waals surface area (Å²) in [4.78, 5) is 23.4. The van der Waals surface area contributed by atoms with E-state index in [-0.39, 0.29) is 5.91 Å². The van der Waals surface area contributed by atoms with Crippen molar-refractivity contribution in [1.29, 1.82) is 0 Å². The van der Waals surface area contributed by atoms with Gasteiger partial charge < -0.3 is 11.1 Å². The molecule has 0 saturated carbocycles. The average Bonchev–Trinajstić information content (AvgIpc) is 2.43. The zero-order valence-electron chi connectivity index (χ0n) is 11.7. The van der Waals surface area contributed by atoms with Gasteiger partial charge >= 0.3 is 0 Å². The Morgan fingerprint density at radius 3 is 2.43 bits per heavy atom. The first-order chi connectivity index (χ1) is 9.88. The van der Waals surface area contributed by atoms with Gasteiger partial charge in [0.25, 0.3) is 5.91 Å². The van der Waals surface area contributed by atoms with E-state index in [0.29, 0.717) is 16.8 Å². The quantitative estimate of drug-likeness (QED) is 0.893. The molecule has 0 bridgehead atoms. The summed E-state index contributed by atoms with van der Waals surface area (Å²) < 4.78 is 0.733. The zero-order valence-corrected chi connectivity index (χ0v) is 13.3. The van der Waals surface area contributed by atoms with Crippen LogP contribution in [0, 0.1) is 13.8 Å². The number of carbonyl (C=O) groups is 2. The van der Waals surface area contributed by atoms with Gasteiger partial charge in [0.1, 0.15) is 0 Å². The number of halogens is 1. The Labute approximate surface area is 131 Å². The summed E-state index contributed by atoms with van der Waals surface area (Å²) in [6.07, 6.45) is 0. The molecule has 3 N–H and O–H groups in total. The highest BCUT2D eigenvalue weighted by molar-refractivity contribution is 9.10. The van der Waals surface area contributed by atoms with E-state index in [9.17, 15) is 9.59 Å². The fraction of sp³-hybridized carbons (Fsp3) is 0.125. The molecule has 4 nitrogen and oxygen atoms in total. The molecule has 0 saturated heterocycles. The Morgan fingerprint density at radius 2 is 1.81 bits per heavy atom. The number of aryl methyl sites for hydroxylation is 2. The molecule has 21 heavy (non-hydrogen) atoms. The van der Waals surface area contributed by atoms with E-state index in [0.717, 1.165) is 15.6 Å². The van der Waals surface area contributed by atoms with E-state index < -0.39 is 5.91 Å². The Balaban J connectivity index is 2.27.